The number of amides is 1. The number of nitrogens with one attached hydrogen (secondary N) is 1. The SMILES string of the molecule is CCN(CCCNS(=O)(=O)c1ccc2c(c1)CC(C)N2C(=O)C1CC1)c1cccc(C)c1. The number of carbonyl (C=O) groups excluding carboxylic acids is 1. The van der Waals surface area contributed by atoms with Gasteiger partial charge in [0.2, 0.25) is 15.9 Å². The first-order valence-corrected chi connectivity index (χ1v) is 13.1. The molecule has 1 fully saturated rings. The summed E-state index contributed by atoms with van der Waals surface area (Å²) in [4.78, 5) is 17.0. The molecule has 1 atom stereocenters. The molecule has 32 heavy (non-hydrogen) atoms. The normalized spacial score (nSPS) is 18.0. The van der Waals surface area contributed by atoms with E-state index in [1.807, 2.05) is 17.9 Å². The van der Waals surface area contributed by atoms with Crippen LogP contribution in [0.25, 0.3) is 0 Å². The Morgan fingerprint density at radius 3 is 2.66 bits per heavy atom. The van der Waals surface area contributed by atoms with E-state index in [0.29, 0.717) is 19.4 Å². The predicted octanol–water partition coefficient (Wildman–Crippen LogP) is 3.88. The Balaban J connectivity index is 1.37. The van der Waals surface area contributed by atoms with Crippen molar-refractivity contribution in [2.45, 2.75) is 57.4 Å². The summed E-state index contributed by atoms with van der Waals surface area (Å²) in [6, 6.07) is 13.6. The number of hydrogen-bond donors (Lipinski definition) is 1. The molecule has 1 aliphatic carbocycles. The first-order valence-electron chi connectivity index (χ1n) is 11.6. The van der Waals surface area contributed by atoms with Crippen molar-refractivity contribution in [3.63, 3.8) is 0 Å². The monoisotopic (exact) mass is 455 g/mol. The molecule has 4 rings (SSSR count). The third-order valence-corrected chi connectivity index (χ3v) is 7.85. The average molecular weight is 456 g/mol. The summed E-state index contributed by atoms with van der Waals surface area (Å²) in [6.45, 7) is 8.24. The molecular formula is C25H33N3O3S. The van der Waals surface area contributed by atoms with E-state index < -0.39 is 10.0 Å². The topological polar surface area (TPSA) is 69.7 Å². The van der Waals surface area contributed by atoms with Crippen LogP contribution in [0, 0.1) is 12.8 Å². The van der Waals surface area contributed by atoms with Gasteiger partial charge in [0, 0.05) is 43.0 Å². The van der Waals surface area contributed by atoms with E-state index in [1.54, 1.807) is 18.2 Å². The molecule has 2 aromatic rings. The van der Waals surface area contributed by atoms with Crippen LogP contribution < -0.4 is 14.5 Å². The summed E-state index contributed by atoms with van der Waals surface area (Å²) in [6.07, 6.45) is 3.34. The van der Waals surface area contributed by atoms with Crippen molar-refractivity contribution in [3.05, 3.63) is 53.6 Å². The van der Waals surface area contributed by atoms with Gasteiger partial charge in [-0.3, -0.25) is 4.79 Å². The first kappa shape index (κ1) is 22.8. The molecule has 1 saturated carbocycles. The molecular weight excluding hydrogens is 422 g/mol. The summed E-state index contributed by atoms with van der Waals surface area (Å²) in [7, 11) is -3.59. The highest BCUT2D eigenvalue weighted by Gasteiger charge is 2.39. The van der Waals surface area contributed by atoms with Crippen LogP contribution in [0.4, 0.5) is 11.4 Å². The lowest BCUT2D eigenvalue weighted by Crippen LogP contribution is -2.36. The lowest BCUT2D eigenvalue weighted by molar-refractivity contribution is -0.120. The Morgan fingerprint density at radius 2 is 1.97 bits per heavy atom. The largest absolute Gasteiger partial charge is 0.372 e. The number of aryl methyl sites for hydroxylation is 1. The molecule has 7 heteroatoms. The van der Waals surface area contributed by atoms with E-state index >= 15 is 0 Å². The maximum absolute atomic E-state index is 12.9. The van der Waals surface area contributed by atoms with E-state index in [4.69, 9.17) is 0 Å². The fraction of sp³-hybridized carbons (Fsp3) is 0.480. The smallest absolute Gasteiger partial charge is 0.240 e. The number of fused-ring (bicyclic) bond motifs is 1. The zero-order valence-corrected chi connectivity index (χ0v) is 20.0. The van der Waals surface area contributed by atoms with Crippen molar-refractivity contribution in [1.29, 1.82) is 0 Å². The summed E-state index contributed by atoms with van der Waals surface area (Å²) in [5.41, 5.74) is 4.18. The summed E-state index contributed by atoms with van der Waals surface area (Å²) in [5, 5.41) is 0. The minimum absolute atomic E-state index is 0.0747. The maximum atomic E-state index is 12.9. The van der Waals surface area contributed by atoms with Crippen LogP contribution in [-0.2, 0) is 21.2 Å². The Kier molecular flexibility index (Phi) is 6.58. The third-order valence-electron chi connectivity index (χ3n) is 6.39. The van der Waals surface area contributed by atoms with Gasteiger partial charge in [-0.25, -0.2) is 13.1 Å². The highest BCUT2D eigenvalue weighted by Crippen LogP contribution is 2.39. The molecule has 0 aromatic heterocycles. The Labute approximate surface area is 191 Å². The van der Waals surface area contributed by atoms with Gasteiger partial charge in [0.1, 0.15) is 0 Å². The van der Waals surface area contributed by atoms with Crippen LogP contribution in [0.1, 0.15) is 44.2 Å². The van der Waals surface area contributed by atoms with Gasteiger partial charge in [-0.2, -0.15) is 0 Å². The number of anilines is 2. The maximum Gasteiger partial charge on any atom is 0.240 e. The Hall–Kier alpha value is -2.38. The molecule has 0 bridgehead atoms. The molecule has 2 aliphatic rings. The van der Waals surface area contributed by atoms with Gasteiger partial charge in [0.15, 0.2) is 0 Å². The number of sulfonamides is 1. The molecule has 0 spiro atoms. The van der Waals surface area contributed by atoms with Crippen LogP contribution in [0.3, 0.4) is 0 Å². The Bertz CT molecular complexity index is 1100. The summed E-state index contributed by atoms with van der Waals surface area (Å²) in [5.74, 6) is 0.329. The standard InChI is InChI=1S/C25H33N3O3S/c1-4-27(22-8-5-7-18(2)15-22)14-6-13-26-32(30,31)23-11-12-24-21(17-23)16-19(3)28(24)25(29)20-9-10-20/h5,7-8,11-12,15,17,19-20,26H,4,6,9-10,13-14,16H2,1-3H3. The first-order chi connectivity index (χ1) is 15.3. The van der Waals surface area contributed by atoms with Gasteiger partial charge >= 0.3 is 0 Å². The van der Waals surface area contributed by atoms with E-state index in [9.17, 15) is 13.2 Å². The van der Waals surface area contributed by atoms with Gasteiger partial charge in [0.05, 0.1) is 4.90 Å². The van der Waals surface area contributed by atoms with E-state index in [1.165, 1.54) is 5.56 Å². The molecule has 1 amide bonds. The molecule has 1 heterocycles. The second-order valence-corrected chi connectivity index (χ2v) is 10.8. The Morgan fingerprint density at radius 1 is 1.19 bits per heavy atom. The van der Waals surface area contributed by atoms with Crippen LogP contribution in [0.15, 0.2) is 47.4 Å². The molecule has 1 aliphatic heterocycles. The lowest BCUT2D eigenvalue weighted by Gasteiger charge is -2.23. The second-order valence-electron chi connectivity index (χ2n) is 9.00. The van der Waals surface area contributed by atoms with Crippen molar-refractivity contribution in [2.75, 3.05) is 29.4 Å². The number of nitrogens with zero attached hydrogens (tertiary/aromatic N) is 2. The number of rotatable bonds is 9. The fourth-order valence-corrected chi connectivity index (χ4v) is 5.62. The molecule has 1 unspecified atom stereocenters. The average Bonchev–Trinajstić information content (AvgIpc) is 3.55. The van der Waals surface area contributed by atoms with Crippen LogP contribution in [0.5, 0.6) is 0 Å². The highest BCUT2D eigenvalue weighted by atomic mass is 32.2. The fourth-order valence-electron chi connectivity index (χ4n) is 4.49. The molecule has 172 valence electrons. The molecule has 0 radical (unpaired) electrons. The minimum Gasteiger partial charge on any atom is -0.372 e. The van der Waals surface area contributed by atoms with Gasteiger partial charge in [0.25, 0.3) is 0 Å². The molecule has 0 saturated heterocycles. The van der Waals surface area contributed by atoms with Crippen molar-refractivity contribution in [3.8, 4) is 0 Å². The quantitative estimate of drug-likeness (QED) is 0.583. The number of benzene rings is 2. The van der Waals surface area contributed by atoms with Gasteiger partial charge in [-0.1, -0.05) is 12.1 Å². The van der Waals surface area contributed by atoms with Crippen molar-refractivity contribution in [1.82, 2.24) is 4.72 Å². The van der Waals surface area contributed by atoms with Gasteiger partial charge in [-0.05, 0) is 87.9 Å². The van der Waals surface area contributed by atoms with Crippen LogP contribution >= 0.6 is 0 Å². The molecule has 2 aromatic carbocycles. The summed E-state index contributed by atoms with van der Waals surface area (Å²) < 4.78 is 28.5. The minimum atomic E-state index is -3.59. The third kappa shape index (κ3) is 4.84. The number of carbonyl (C=O) groups is 1. The molecule has 6 nitrogen and oxygen atoms in total. The van der Waals surface area contributed by atoms with Crippen molar-refractivity contribution in [2.24, 2.45) is 5.92 Å². The number of hydrogen-bond acceptors (Lipinski definition) is 4. The summed E-state index contributed by atoms with van der Waals surface area (Å²) >= 11 is 0. The van der Waals surface area contributed by atoms with Gasteiger partial charge in [-0.15, -0.1) is 0 Å². The van der Waals surface area contributed by atoms with Gasteiger partial charge < -0.3 is 9.80 Å². The predicted molar refractivity (Wildman–Crippen MR) is 129 cm³/mol. The lowest BCUT2D eigenvalue weighted by atomic mass is 10.1. The highest BCUT2D eigenvalue weighted by molar-refractivity contribution is 7.89. The van der Waals surface area contributed by atoms with Crippen molar-refractivity contribution < 1.29 is 13.2 Å². The van der Waals surface area contributed by atoms with E-state index in [-0.39, 0.29) is 22.8 Å². The second kappa shape index (κ2) is 9.24. The van der Waals surface area contributed by atoms with E-state index in [2.05, 4.69) is 41.7 Å². The van der Waals surface area contributed by atoms with Crippen LogP contribution in [0.2, 0.25) is 0 Å². The zero-order chi connectivity index (χ0) is 22.9. The molecule has 1 N–H and O–H groups in total. The zero-order valence-electron chi connectivity index (χ0n) is 19.2. The van der Waals surface area contributed by atoms with E-state index in [0.717, 1.165) is 42.9 Å². The van der Waals surface area contributed by atoms with Crippen LogP contribution in [-0.4, -0.2) is 40.0 Å². The van der Waals surface area contributed by atoms with Crippen molar-refractivity contribution >= 4 is 27.3 Å².